The van der Waals surface area contributed by atoms with Crippen LogP contribution in [0.1, 0.15) is 39.2 Å². The minimum absolute atomic E-state index is 0.0535. The Bertz CT molecular complexity index is 577. The van der Waals surface area contributed by atoms with E-state index in [4.69, 9.17) is 0 Å². The van der Waals surface area contributed by atoms with Crippen molar-refractivity contribution in [2.75, 3.05) is 6.54 Å². The molecule has 0 fully saturated rings. The van der Waals surface area contributed by atoms with Gasteiger partial charge in [0.05, 0.1) is 0 Å². The average Bonchev–Trinajstić information content (AvgIpc) is 2.37. The summed E-state index contributed by atoms with van der Waals surface area (Å²) in [5.41, 5.74) is -0.261. The molecule has 0 heterocycles. The number of sulfonamides is 1. The van der Waals surface area contributed by atoms with Crippen molar-refractivity contribution in [3.05, 3.63) is 29.3 Å². The Hall–Kier alpha value is -1.05. The van der Waals surface area contributed by atoms with Crippen molar-refractivity contribution in [1.82, 2.24) is 10.0 Å². The molecule has 0 radical (unpaired) electrons. The highest BCUT2D eigenvalue weighted by Crippen LogP contribution is 2.21. The van der Waals surface area contributed by atoms with Crippen molar-refractivity contribution in [3.63, 3.8) is 0 Å². The Morgan fingerprint density at radius 2 is 1.90 bits per heavy atom. The molecule has 0 spiro atoms. The van der Waals surface area contributed by atoms with E-state index in [0.29, 0.717) is 13.0 Å². The van der Waals surface area contributed by atoms with Crippen molar-refractivity contribution in [2.45, 2.75) is 51.1 Å². The normalized spacial score (nSPS) is 13.4. The van der Waals surface area contributed by atoms with E-state index in [1.54, 1.807) is 13.8 Å². The maximum Gasteiger partial charge on any atom is 0.243 e. The summed E-state index contributed by atoms with van der Waals surface area (Å²) in [6.45, 7) is 5.91. The summed E-state index contributed by atoms with van der Waals surface area (Å²) in [7, 11) is -4.00. The summed E-state index contributed by atoms with van der Waals surface area (Å²) >= 11 is 0. The fourth-order valence-corrected chi connectivity index (χ4v) is 3.40. The molecule has 1 rings (SSSR count). The second-order valence-electron chi connectivity index (χ2n) is 4.93. The fraction of sp³-hybridized carbons (Fsp3) is 0.571. The zero-order valence-corrected chi connectivity index (χ0v) is 13.4. The lowest BCUT2D eigenvalue weighted by Gasteiger charge is -2.15. The molecule has 2 N–H and O–H groups in total. The second-order valence-corrected chi connectivity index (χ2v) is 6.61. The van der Waals surface area contributed by atoms with Gasteiger partial charge in [0.1, 0.15) is 10.7 Å². The van der Waals surface area contributed by atoms with Crippen LogP contribution >= 0.6 is 0 Å². The topological polar surface area (TPSA) is 58.2 Å². The van der Waals surface area contributed by atoms with Gasteiger partial charge in [-0.3, -0.25) is 0 Å². The summed E-state index contributed by atoms with van der Waals surface area (Å²) in [4.78, 5) is -0.514. The molecule has 120 valence electrons. The molecular formula is C14H22F2N2O2S. The Balaban J connectivity index is 3.12. The first-order valence-corrected chi connectivity index (χ1v) is 8.51. The van der Waals surface area contributed by atoms with Gasteiger partial charge in [0, 0.05) is 18.2 Å². The van der Waals surface area contributed by atoms with Crippen LogP contribution in [0.15, 0.2) is 17.0 Å². The van der Waals surface area contributed by atoms with Crippen LogP contribution in [-0.4, -0.2) is 21.0 Å². The van der Waals surface area contributed by atoms with E-state index in [2.05, 4.69) is 10.0 Å². The Kier molecular flexibility index (Phi) is 6.70. The maximum atomic E-state index is 14.3. The predicted octanol–water partition coefficient (Wildman–Crippen LogP) is 2.54. The van der Waals surface area contributed by atoms with Crippen LogP contribution in [0, 0.1) is 11.6 Å². The number of nitrogens with one attached hydrogen (secondary N) is 2. The van der Waals surface area contributed by atoms with Gasteiger partial charge < -0.3 is 5.32 Å². The van der Waals surface area contributed by atoms with Crippen LogP contribution in [0.5, 0.6) is 0 Å². The lowest BCUT2D eigenvalue weighted by atomic mass is 10.2. The smallest absolute Gasteiger partial charge is 0.243 e. The van der Waals surface area contributed by atoms with E-state index in [1.165, 1.54) is 0 Å². The zero-order valence-electron chi connectivity index (χ0n) is 12.5. The molecule has 0 aromatic heterocycles. The van der Waals surface area contributed by atoms with Gasteiger partial charge in [-0.1, -0.05) is 20.3 Å². The quantitative estimate of drug-likeness (QED) is 0.774. The Morgan fingerprint density at radius 3 is 2.48 bits per heavy atom. The minimum atomic E-state index is -4.00. The Morgan fingerprint density at radius 1 is 1.24 bits per heavy atom. The number of benzene rings is 1. The third-order valence-electron chi connectivity index (χ3n) is 3.07. The number of halogens is 2. The number of rotatable bonds is 8. The van der Waals surface area contributed by atoms with Crippen molar-refractivity contribution >= 4 is 10.0 Å². The van der Waals surface area contributed by atoms with E-state index in [-0.39, 0.29) is 18.2 Å². The molecule has 1 aromatic carbocycles. The molecule has 0 aliphatic heterocycles. The SMILES string of the molecule is CCCC(C)NS(=O)(=O)c1ccc(F)c(CNCC)c1F. The van der Waals surface area contributed by atoms with E-state index in [0.717, 1.165) is 18.6 Å². The standard InChI is InChI=1S/C14H22F2N2O2S/c1-4-6-10(3)18-21(19,20)13-8-7-12(15)11(14(13)16)9-17-5-2/h7-8,10,17-18H,4-6,9H2,1-3H3. The molecular weight excluding hydrogens is 298 g/mol. The molecule has 7 heteroatoms. The first-order valence-electron chi connectivity index (χ1n) is 7.03. The van der Waals surface area contributed by atoms with Gasteiger partial charge in [-0.05, 0) is 32.0 Å². The minimum Gasteiger partial charge on any atom is -0.313 e. The van der Waals surface area contributed by atoms with Crippen molar-refractivity contribution in [2.24, 2.45) is 0 Å². The van der Waals surface area contributed by atoms with Gasteiger partial charge in [0.2, 0.25) is 10.0 Å². The van der Waals surface area contributed by atoms with Crippen LogP contribution in [0.2, 0.25) is 0 Å². The van der Waals surface area contributed by atoms with Crippen LogP contribution in [-0.2, 0) is 16.6 Å². The summed E-state index contributed by atoms with van der Waals surface area (Å²) in [6, 6.07) is 1.64. The molecule has 0 saturated heterocycles. The third-order valence-corrected chi connectivity index (χ3v) is 4.68. The van der Waals surface area contributed by atoms with Crippen LogP contribution in [0.4, 0.5) is 8.78 Å². The van der Waals surface area contributed by atoms with Gasteiger partial charge in [-0.15, -0.1) is 0 Å². The first kappa shape index (κ1) is 18.0. The molecule has 1 unspecified atom stereocenters. The van der Waals surface area contributed by atoms with Gasteiger partial charge in [0.15, 0.2) is 5.82 Å². The van der Waals surface area contributed by atoms with Crippen molar-refractivity contribution < 1.29 is 17.2 Å². The molecule has 0 amide bonds. The molecule has 1 atom stereocenters. The number of hydrogen-bond donors (Lipinski definition) is 2. The fourth-order valence-electron chi connectivity index (χ4n) is 2.02. The van der Waals surface area contributed by atoms with Crippen LogP contribution in [0.3, 0.4) is 0 Å². The largest absolute Gasteiger partial charge is 0.313 e. The highest BCUT2D eigenvalue weighted by Gasteiger charge is 2.24. The molecule has 4 nitrogen and oxygen atoms in total. The highest BCUT2D eigenvalue weighted by atomic mass is 32.2. The van der Waals surface area contributed by atoms with E-state index in [1.807, 2.05) is 6.92 Å². The van der Waals surface area contributed by atoms with Crippen LogP contribution in [0.25, 0.3) is 0 Å². The summed E-state index contributed by atoms with van der Waals surface area (Å²) < 4.78 is 54.7. The Labute approximate surface area is 125 Å². The molecule has 0 aliphatic rings. The van der Waals surface area contributed by atoms with Crippen molar-refractivity contribution in [1.29, 1.82) is 0 Å². The summed E-state index contributed by atoms with van der Waals surface area (Å²) in [6.07, 6.45) is 1.45. The lowest BCUT2D eigenvalue weighted by Crippen LogP contribution is -2.33. The molecule has 0 aliphatic carbocycles. The molecule has 1 aromatic rings. The highest BCUT2D eigenvalue weighted by molar-refractivity contribution is 7.89. The zero-order chi connectivity index (χ0) is 16.0. The van der Waals surface area contributed by atoms with Gasteiger partial charge in [-0.2, -0.15) is 0 Å². The second kappa shape index (κ2) is 7.82. The third kappa shape index (κ3) is 4.72. The number of hydrogen-bond acceptors (Lipinski definition) is 3. The van der Waals surface area contributed by atoms with E-state index in [9.17, 15) is 17.2 Å². The first-order chi connectivity index (χ1) is 9.83. The van der Waals surface area contributed by atoms with Gasteiger partial charge >= 0.3 is 0 Å². The summed E-state index contributed by atoms with van der Waals surface area (Å²) in [5, 5.41) is 2.79. The predicted molar refractivity (Wildman–Crippen MR) is 78.4 cm³/mol. The monoisotopic (exact) mass is 320 g/mol. The van der Waals surface area contributed by atoms with Gasteiger partial charge in [0.25, 0.3) is 0 Å². The average molecular weight is 320 g/mol. The van der Waals surface area contributed by atoms with Crippen LogP contribution < -0.4 is 10.0 Å². The summed E-state index contributed by atoms with van der Waals surface area (Å²) in [5.74, 6) is -1.79. The molecule has 21 heavy (non-hydrogen) atoms. The van der Waals surface area contributed by atoms with Crippen molar-refractivity contribution in [3.8, 4) is 0 Å². The van der Waals surface area contributed by atoms with E-state index < -0.39 is 26.6 Å². The molecule has 0 saturated carbocycles. The maximum absolute atomic E-state index is 14.3. The molecule has 0 bridgehead atoms. The van der Waals surface area contributed by atoms with E-state index >= 15 is 0 Å². The lowest BCUT2D eigenvalue weighted by molar-refractivity contribution is 0.507. The van der Waals surface area contributed by atoms with Gasteiger partial charge in [-0.25, -0.2) is 21.9 Å².